The number of unbranched alkanes of at least 4 members (excludes halogenated alkanes) is 3. The van der Waals surface area contributed by atoms with E-state index >= 15 is 0 Å². The molecule has 0 radical (unpaired) electrons. The van der Waals surface area contributed by atoms with E-state index in [9.17, 15) is 8.42 Å². The predicted molar refractivity (Wildman–Crippen MR) is 160 cm³/mol. The van der Waals surface area contributed by atoms with E-state index < -0.39 is 10.0 Å². The monoisotopic (exact) mass is 542 g/mol. The highest BCUT2D eigenvalue weighted by atomic mass is 32.2. The predicted octanol–water partition coefficient (Wildman–Crippen LogP) is 7.22. The minimum Gasteiger partial charge on any atom is -0.494 e. The number of hydrogen-bond acceptors (Lipinski definition) is 5. The van der Waals surface area contributed by atoms with Crippen molar-refractivity contribution in [2.24, 2.45) is 0 Å². The van der Waals surface area contributed by atoms with Crippen molar-refractivity contribution < 1.29 is 17.9 Å². The Bertz CT molecular complexity index is 1120. The second-order valence-corrected chi connectivity index (χ2v) is 12.0. The summed E-state index contributed by atoms with van der Waals surface area (Å²) >= 11 is 0. The van der Waals surface area contributed by atoms with Crippen molar-refractivity contribution >= 4 is 27.4 Å². The van der Waals surface area contributed by atoms with Crippen molar-refractivity contribution in [2.45, 2.75) is 78.2 Å². The van der Waals surface area contributed by atoms with Gasteiger partial charge in [-0.15, -0.1) is 0 Å². The van der Waals surface area contributed by atoms with Crippen molar-refractivity contribution in [3.8, 4) is 11.5 Å². The molecule has 0 saturated heterocycles. The van der Waals surface area contributed by atoms with Crippen LogP contribution in [0, 0.1) is 0 Å². The van der Waals surface area contributed by atoms with Gasteiger partial charge >= 0.3 is 0 Å². The molecule has 0 bridgehead atoms. The zero-order valence-corrected chi connectivity index (χ0v) is 24.5. The Kier molecular flexibility index (Phi) is 12.0. The first kappa shape index (κ1) is 30.0. The fraction of sp³-hybridized carbons (Fsp3) is 0.548. The molecule has 1 aliphatic rings. The quantitative estimate of drug-likeness (QED) is 0.214. The molecule has 0 aromatic heterocycles. The number of nitrogens with one attached hydrogen (secondary N) is 1. The Balaban J connectivity index is 1.65. The smallest absolute Gasteiger partial charge is 0.229 e. The minimum atomic E-state index is -3.35. The van der Waals surface area contributed by atoms with Gasteiger partial charge in [-0.3, -0.25) is 4.72 Å². The Morgan fingerprint density at radius 2 is 1.58 bits per heavy atom. The van der Waals surface area contributed by atoms with Gasteiger partial charge in [0.05, 0.1) is 12.9 Å². The molecule has 2 aromatic rings. The molecular weight excluding hydrogens is 496 g/mol. The van der Waals surface area contributed by atoms with Crippen LogP contribution in [0.4, 0.5) is 5.69 Å². The average Bonchev–Trinajstić information content (AvgIpc) is 3.22. The Morgan fingerprint density at radius 1 is 0.921 bits per heavy atom. The van der Waals surface area contributed by atoms with Gasteiger partial charge in [-0.1, -0.05) is 52.2 Å². The van der Waals surface area contributed by atoms with E-state index in [2.05, 4.69) is 48.6 Å². The van der Waals surface area contributed by atoms with Crippen LogP contribution < -0.4 is 14.2 Å². The van der Waals surface area contributed by atoms with Crippen molar-refractivity contribution in [1.29, 1.82) is 0 Å². The molecule has 1 N–H and O–H groups in total. The molecule has 1 heterocycles. The third kappa shape index (κ3) is 9.66. The number of benzene rings is 2. The molecule has 7 heteroatoms. The molecule has 0 aliphatic carbocycles. The Morgan fingerprint density at radius 3 is 2.21 bits per heavy atom. The lowest BCUT2D eigenvalue weighted by atomic mass is 9.96. The van der Waals surface area contributed by atoms with Crippen molar-refractivity contribution in [3.05, 3.63) is 53.6 Å². The lowest BCUT2D eigenvalue weighted by Gasteiger charge is -2.21. The normalized spacial score (nSPS) is 16.0. The van der Waals surface area contributed by atoms with Gasteiger partial charge in [0.25, 0.3) is 0 Å². The first-order chi connectivity index (χ1) is 18.3. The third-order valence-corrected chi connectivity index (χ3v) is 7.38. The molecule has 0 spiro atoms. The number of nitrogens with zero attached hydrogens (tertiary/aromatic N) is 1. The van der Waals surface area contributed by atoms with E-state index in [-0.39, 0.29) is 6.10 Å². The van der Waals surface area contributed by atoms with Gasteiger partial charge in [-0.2, -0.15) is 0 Å². The van der Waals surface area contributed by atoms with Crippen LogP contribution in [-0.2, 0) is 10.0 Å². The van der Waals surface area contributed by atoms with Gasteiger partial charge in [0.2, 0.25) is 10.0 Å². The van der Waals surface area contributed by atoms with Crippen molar-refractivity contribution in [1.82, 2.24) is 4.90 Å². The summed E-state index contributed by atoms with van der Waals surface area (Å²) in [4.78, 5) is 2.57. The van der Waals surface area contributed by atoms with E-state index in [1.165, 1.54) is 38.8 Å². The lowest BCUT2D eigenvalue weighted by Crippen LogP contribution is -2.28. The molecule has 0 fully saturated rings. The third-order valence-electron chi connectivity index (χ3n) is 6.78. The molecule has 1 unspecified atom stereocenters. The maximum Gasteiger partial charge on any atom is 0.229 e. The van der Waals surface area contributed by atoms with Gasteiger partial charge < -0.3 is 14.4 Å². The van der Waals surface area contributed by atoms with Crippen LogP contribution in [0.15, 0.2) is 42.5 Å². The second-order valence-electron chi connectivity index (χ2n) is 10.3. The van der Waals surface area contributed by atoms with Crippen LogP contribution in [0.1, 0.15) is 83.3 Å². The fourth-order valence-corrected chi connectivity index (χ4v) is 5.27. The molecule has 6 nitrogen and oxygen atoms in total. The second kappa shape index (κ2) is 15.2. The fourth-order valence-electron chi connectivity index (χ4n) is 4.72. The number of rotatable bonds is 17. The molecule has 1 aliphatic heterocycles. The summed E-state index contributed by atoms with van der Waals surface area (Å²) < 4.78 is 38.4. The highest BCUT2D eigenvalue weighted by Crippen LogP contribution is 2.42. The molecule has 3 rings (SSSR count). The van der Waals surface area contributed by atoms with E-state index in [0.717, 1.165) is 66.7 Å². The largest absolute Gasteiger partial charge is 0.494 e. The van der Waals surface area contributed by atoms with Crippen molar-refractivity contribution in [3.63, 3.8) is 0 Å². The minimum absolute atomic E-state index is 0.0438. The van der Waals surface area contributed by atoms with Crippen LogP contribution in [0.3, 0.4) is 0 Å². The van der Waals surface area contributed by atoms with E-state index in [1.807, 2.05) is 24.3 Å². The van der Waals surface area contributed by atoms with Crippen LogP contribution in [-0.4, -0.2) is 51.9 Å². The highest BCUT2D eigenvalue weighted by molar-refractivity contribution is 7.92. The van der Waals surface area contributed by atoms with Gasteiger partial charge in [-0.25, -0.2) is 8.42 Å². The highest BCUT2D eigenvalue weighted by Gasteiger charge is 2.28. The molecular formula is C31H46N2O4S. The zero-order chi connectivity index (χ0) is 27.4. The summed E-state index contributed by atoms with van der Waals surface area (Å²) in [5, 5.41) is 0. The molecule has 38 heavy (non-hydrogen) atoms. The standard InChI is InChI=1S/C31H46N2O4S/c1-5-8-12-30-28(29-24-26(32-38(4,34)35)15-18-31(29)37-30)23-25-13-16-27(17-14-25)36-22-11-21-33(19-9-6-2)20-10-7-3/h13-18,23-24,30,32H,5-12,19-22H2,1-4H3. The molecule has 0 amide bonds. The Labute approximate surface area is 230 Å². The number of anilines is 1. The van der Waals surface area contributed by atoms with Gasteiger partial charge in [0, 0.05) is 23.4 Å². The van der Waals surface area contributed by atoms with Crippen LogP contribution in [0.5, 0.6) is 11.5 Å². The van der Waals surface area contributed by atoms with Gasteiger partial charge in [0.15, 0.2) is 0 Å². The van der Waals surface area contributed by atoms with Crippen LogP contribution in [0.25, 0.3) is 11.6 Å². The summed E-state index contributed by atoms with van der Waals surface area (Å²) in [6.45, 7) is 10.8. The maximum atomic E-state index is 11.8. The number of fused-ring (bicyclic) bond motifs is 1. The summed E-state index contributed by atoms with van der Waals surface area (Å²) in [6, 6.07) is 13.7. The lowest BCUT2D eigenvalue weighted by molar-refractivity contribution is 0.229. The maximum absolute atomic E-state index is 11.8. The molecule has 2 aromatic carbocycles. The molecule has 210 valence electrons. The number of sulfonamides is 1. The molecule has 0 saturated carbocycles. The number of ether oxygens (including phenoxy) is 2. The molecule has 1 atom stereocenters. The topological polar surface area (TPSA) is 67.9 Å². The SMILES string of the molecule is CCCCC1Oc2ccc(NS(C)(=O)=O)cc2C1=Cc1ccc(OCCCN(CCCC)CCCC)cc1. The first-order valence-corrected chi connectivity index (χ1v) is 16.2. The first-order valence-electron chi connectivity index (χ1n) is 14.3. The van der Waals surface area contributed by atoms with E-state index in [1.54, 1.807) is 6.07 Å². The summed E-state index contributed by atoms with van der Waals surface area (Å²) in [5.41, 5.74) is 3.63. The summed E-state index contributed by atoms with van der Waals surface area (Å²) in [5.74, 6) is 1.68. The zero-order valence-electron chi connectivity index (χ0n) is 23.7. The summed E-state index contributed by atoms with van der Waals surface area (Å²) in [6.07, 6.45) is 12.3. The summed E-state index contributed by atoms with van der Waals surface area (Å²) in [7, 11) is -3.35. The van der Waals surface area contributed by atoms with Crippen LogP contribution >= 0.6 is 0 Å². The van der Waals surface area contributed by atoms with Gasteiger partial charge in [0.1, 0.15) is 17.6 Å². The number of hydrogen-bond donors (Lipinski definition) is 1. The van der Waals surface area contributed by atoms with Gasteiger partial charge in [-0.05, 0) is 87.2 Å². The van der Waals surface area contributed by atoms with E-state index in [0.29, 0.717) is 12.3 Å². The Hall–Kier alpha value is -2.51. The van der Waals surface area contributed by atoms with E-state index in [4.69, 9.17) is 9.47 Å². The van der Waals surface area contributed by atoms with Crippen molar-refractivity contribution in [2.75, 3.05) is 37.2 Å². The van der Waals surface area contributed by atoms with Crippen LogP contribution in [0.2, 0.25) is 0 Å². The average molecular weight is 543 g/mol.